The summed E-state index contributed by atoms with van der Waals surface area (Å²) >= 11 is 1.73. The van der Waals surface area contributed by atoms with E-state index in [1.807, 2.05) is 0 Å². The van der Waals surface area contributed by atoms with Crippen LogP contribution in [-0.4, -0.2) is 16.5 Å². The molecule has 1 amide bonds. The first-order valence-electron chi connectivity index (χ1n) is 8.09. The van der Waals surface area contributed by atoms with Gasteiger partial charge in [0, 0.05) is 47.4 Å². The monoisotopic (exact) mass is 324 g/mol. The number of aromatic nitrogens is 1. The molecule has 23 heavy (non-hydrogen) atoms. The van der Waals surface area contributed by atoms with Crippen molar-refractivity contribution in [1.82, 2.24) is 9.88 Å². The van der Waals surface area contributed by atoms with Crippen LogP contribution >= 0.6 is 11.3 Å². The number of nitrogens with one attached hydrogen (secondary N) is 1. The molecule has 3 aromatic rings. The Morgan fingerprint density at radius 1 is 1.30 bits per heavy atom. The molecule has 1 aliphatic rings. The number of hydrogen-bond donors (Lipinski definition) is 1. The molecular formula is C19H20N2OS. The zero-order valence-corrected chi connectivity index (χ0v) is 14.0. The number of hydrogen-bond acceptors (Lipinski definition) is 2. The van der Waals surface area contributed by atoms with E-state index in [1.165, 1.54) is 21.3 Å². The lowest BCUT2D eigenvalue weighted by Gasteiger charge is -2.15. The number of fused-ring (bicyclic) bond motifs is 1. The van der Waals surface area contributed by atoms with E-state index in [1.54, 1.807) is 11.3 Å². The van der Waals surface area contributed by atoms with E-state index < -0.39 is 0 Å². The molecule has 0 radical (unpaired) electrons. The predicted molar refractivity (Wildman–Crippen MR) is 94.9 cm³/mol. The van der Waals surface area contributed by atoms with Crippen molar-refractivity contribution >= 4 is 28.1 Å². The minimum absolute atomic E-state index is 0.125. The van der Waals surface area contributed by atoms with Gasteiger partial charge in [0.2, 0.25) is 5.91 Å². The van der Waals surface area contributed by atoms with E-state index in [2.05, 4.69) is 64.9 Å². The molecule has 0 saturated heterocycles. The van der Waals surface area contributed by atoms with Crippen molar-refractivity contribution in [3.8, 4) is 0 Å². The van der Waals surface area contributed by atoms with Crippen molar-refractivity contribution in [3.05, 3.63) is 58.4 Å². The molecule has 1 atom stereocenters. The number of carbonyl (C=O) groups excluding carboxylic acids is 1. The smallest absolute Gasteiger partial charge is 0.221 e. The molecule has 0 spiro atoms. The first-order valence-corrected chi connectivity index (χ1v) is 8.97. The fourth-order valence-electron chi connectivity index (χ4n) is 3.20. The number of para-hydroxylation sites is 1. The topological polar surface area (TPSA) is 34.0 Å². The van der Waals surface area contributed by atoms with Crippen molar-refractivity contribution in [1.29, 1.82) is 0 Å². The van der Waals surface area contributed by atoms with Crippen LogP contribution in [0.2, 0.25) is 0 Å². The zero-order valence-electron chi connectivity index (χ0n) is 13.2. The van der Waals surface area contributed by atoms with Crippen molar-refractivity contribution in [2.45, 2.75) is 31.2 Å². The van der Waals surface area contributed by atoms with Gasteiger partial charge in [0.05, 0.1) is 0 Å². The van der Waals surface area contributed by atoms with E-state index >= 15 is 0 Å². The first-order chi connectivity index (χ1) is 11.2. The van der Waals surface area contributed by atoms with Crippen LogP contribution in [0.3, 0.4) is 0 Å². The van der Waals surface area contributed by atoms with Gasteiger partial charge in [0.25, 0.3) is 0 Å². The van der Waals surface area contributed by atoms with Gasteiger partial charge in [0.15, 0.2) is 0 Å². The predicted octanol–water partition coefficient (Wildman–Crippen LogP) is 4.04. The molecule has 4 heteroatoms. The van der Waals surface area contributed by atoms with Crippen molar-refractivity contribution in [2.24, 2.45) is 7.05 Å². The first kappa shape index (κ1) is 14.5. The van der Waals surface area contributed by atoms with Crippen LogP contribution in [0.25, 0.3) is 10.9 Å². The third kappa shape index (κ3) is 2.91. The minimum atomic E-state index is 0.125. The highest BCUT2D eigenvalue weighted by Crippen LogP contribution is 2.36. The Kier molecular flexibility index (Phi) is 3.69. The number of amides is 1. The van der Waals surface area contributed by atoms with Gasteiger partial charge in [-0.25, -0.2) is 0 Å². The zero-order chi connectivity index (χ0) is 15.8. The SMILES string of the molecule is Cn1cc(C(CC(=O)NC2CC2)c2cccs2)c2ccccc21. The summed E-state index contributed by atoms with van der Waals surface area (Å²) in [4.78, 5) is 13.7. The van der Waals surface area contributed by atoms with Crippen LogP contribution in [0.4, 0.5) is 0 Å². The van der Waals surface area contributed by atoms with Gasteiger partial charge < -0.3 is 9.88 Å². The number of nitrogens with zero attached hydrogens (tertiary/aromatic N) is 1. The highest BCUT2D eigenvalue weighted by atomic mass is 32.1. The summed E-state index contributed by atoms with van der Waals surface area (Å²) in [6, 6.07) is 13.0. The number of thiophene rings is 1. The Balaban J connectivity index is 1.73. The van der Waals surface area contributed by atoms with Gasteiger partial charge in [-0.2, -0.15) is 0 Å². The molecule has 1 fully saturated rings. The fourth-order valence-corrected chi connectivity index (χ4v) is 4.05. The molecule has 118 valence electrons. The van der Waals surface area contributed by atoms with Gasteiger partial charge in [-0.1, -0.05) is 24.3 Å². The number of benzene rings is 1. The van der Waals surface area contributed by atoms with E-state index in [-0.39, 0.29) is 11.8 Å². The lowest BCUT2D eigenvalue weighted by atomic mass is 9.93. The summed E-state index contributed by atoms with van der Waals surface area (Å²) < 4.78 is 2.16. The standard InChI is InChI=1S/C19H20N2OS/c1-21-12-16(14-5-2-3-6-17(14)21)15(18-7-4-10-23-18)11-19(22)20-13-8-9-13/h2-7,10,12-13,15H,8-9,11H2,1H3,(H,20,22). The molecule has 0 bridgehead atoms. The summed E-state index contributed by atoms with van der Waals surface area (Å²) in [7, 11) is 2.07. The Bertz CT molecular complexity index is 830. The molecule has 0 aliphatic heterocycles. The Morgan fingerprint density at radius 3 is 2.87 bits per heavy atom. The fraction of sp³-hybridized carbons (Fsp3) is 0.316. The van der Waals surface area contributed by atoms with Gasteiger partial charge in [-0.05, 0) is 35.9 Å². The molecule has 1 aromatic carbocycles. The highest BCUT2D eigenvalue weighted by Gasteiger charge is 2.27. The van der Waals surface area contributed by atoms with E-state index in [0.717, 1.165) is 12.8 Å². The molecule has 1 aliphatic carbocycles. The lowest BCUT2D eigenvalue weighted by Crippen LogP contribution is -2.27. The molecule has 2 heterocycles. The lowest BCUT2D eigenvalue weighted by molar-refractivity contribution is -0.121. The van der Waals surface area contributed by atoms with Crippen LogP contribution in [-0.2, 0) is 11.8 Å². The van der Waals surface area contributed by atoms with Crippen LogP contribution in [0.1, 0.15) is 35.6 Å². The van der Waals surface area contributed by atoms with Crippen molar-refractivity contribution < 1.29 is 4.79 Å². The normalized spacial score (nSPS) is 15.7. The minimum Gasteiger partial charge on any atom is -0.353 e. The van der Waals surface area contributed by atoms with Gasteiger partial charge in [-0.15, -0.1) is 11.3 Å². The van der Waals surface area contributed by atoms with E-state index in [9.17, 15) is 4.79 Å². The van der Waals surface area contributed by atoms with Crippen LogP contribution in [0.15, 0.2) is 48.0 Å². The summed E-state index contributed by atoms with van der Waals surface area (Å²) in [5.74, 6) is 0.290. The number of carbonyl (C=O) groups is 1. The second kappa shape index (κ2) is 5.85. The second-order valence-electron chi connectivity index (χ2n) is 6.33. The summed E-state index contributed by atoms with van der Waals surface area (Å²) in [5.41, 5.74) is 2.46. The summed E-state index contributed by atoms with van der Waals surface area (Å²) in [6.07, 6.45) is 4.96. The molecule has 1 N–H and O–H groups in total. The van der Waals surface area contributed by atoms with Crippen LogP contribution < -0.4 is 5.32 Å². The maximum Gasteiger partial charge on any atom is 0.221 e. The van der Waals surface area contributed by atoms with Crippen LogP contribution in [0, 0.1) is 0 Å². The highest BCUT2D eigenvalue weighted by molar-refractivity contribution is 7.10. The van der Waals surface area contributed by atoms with Crippen molar-refractivity contribution in [3.63, 3.8) is 0 Å². The largest absolute Gasteiger partial charge is 0.353 e. The maximum absolute atomic E-state index is 12.4. The average Bonchev–Trinajstić information content (AvgIpc) is 3.09. The van der Waals surface area contributed by atoms with Gasteiger partial charge in [0.1, 0.15) is 0 Å². The molecule has 1 saturated carbocycles. The van der Waals surface area contributed by atoms with E-state index in [4.69, 9.17) is 0 Å². The van der Waals surface area contributed by atoms with Gasteiger partial charge >= 0.3 is 0 Å². The van der Waals surface area contributed by atoms with E-state index in [0.29, 0.717) is 12.5 Å². The molecule has 1 unspecified atom stereocenters. The number of rotatable bonds is 5. The third-order valence-corrected chi connectivity index (χ3v) is 5.51. The van der Waals surface area contributed by atoms with Crippen LogP contribution in [0.5, 0.6) is 0 Å². The molecule has 3 nitrogen and oxygen atoms in total. The van der Waals surface area contributed by atoms with Gasteiger partial charge in [-0.3, -0.25) is 4.79 Å². The molecular weight excluding hydrogens is 304 g/mol. The van der Waals surface area contributed by atoms with Crippen molar-refractivity contribution in [2.75, 3.05) is 0 Å². The molecule has 2 aromatic heterocycles. The third-order valence-electron chi connectivity index (χ3n) is 4.52. The number of aryl methyl sites for hydroxylation is 1. The second-order valence-corrected chi connectivity index (χ2v) is 7.31. The summed E-state index contributed by atoms with van der Waals surface area (Å²) in [6.45, 7) is 0. The quantitative estimate of drug-likeness (QED) is 0.755. The Hall–Kier alpha value is -2.07. The maximum atomic E-state index is 12.4. The molecule has 4 rings (SSSR count). The Morgan fingerprint density at radius 2 is 2.13 bits per heavy atom. The Labute approximate surface area is 139 Å². The summed E-state index contributed by atoms with van der Waals surface area (Å²) in [5, 5.41) is 6.46. The average molecular weight is 324 g/mol.